The van der Waals surface area contributed by atoms with Crippen molar-refractivity contribution in [1.82, 2.24) is 9.99 Å². The Morgan fingerprint density at radius 3 is 1.86 bits per heavy atom. The fourth-order valence-corrected chi connectivity index (χ4v) is 18.8. The summed E-state index contributed by atoms with van der Waals surface area (Å²) in [4.78, 5) is 49.4. The summed E-state index contributed by atoms with van der Waals surface area (Å²) < 4.78 is 124. The molecule has 3 aromatic rings. The number of unbranched alkanes of at least 4 members (excludes halogenated alkanes) is 1. The number of phosphoric acid groups is 1. The zero-order valence-electron chi connectivity index (χ0n) is 72.9. The lowest BCUT2D eigenvalue weighted by Crippen LogP contribution is -2.48. The maximum atomic E-state index is 14.6. The predicted molar refractivity (Wildman–Crippen MR) is 454 cm³/mol. The van der Waals surface area contributed by atoms with Gasteiger partial charge in [0.15, 0.2) is 14.0 Å². The van der Waals surface area contributed by atoms with E-state index in [4.69, 9.17) is 122 Å². The first-order chi connectivity index (χ1) is 57.7. The van der Waals surface area contributed by atoms with E-state index in [-0.39, 0.29) is 110 Å². The standard InChI is InChI=1S/C50H57Cl2N4O8P.C32H63N3O15P2.CH4/c1-10-65(61-19-17-53-9)62-27-31(26-57)14-11-12-16-54-46(59)35-22-38(51)42-41(43(35)52)47(60)64-50(42)36-20-33-28(2)25-49(7,8)56(30(4)58)39(33)23-40(36)63-45-32-15-13-18-55-44(32)34(21-37(45)50)29(3)24-48(55,5)6;1-31(2)35(32(3)4)51(46-10-5-7-33)47-28-25-43-22-19-40-17-18-42-21-24-45-27-30-50-52(37,48-11-6-8-34)49-29-26-44-23-20-41-16-15-39-14-13-38-12-9-36;/h20-25,31,57H,10-19,26-27H2,1-8H3,(H,54,59);31-32,36H,5-6,9-30H2,1-4H3;1H4/i;36D;1T. The molecule has 3 N–H and O–H groups in total. The molecule has 5 aliphatic heterocycles. The molecule has 3 aromatic carbocycles. The number of aliphatic hydroxyl groups is 2. The second-order valence-electron chi connectivity index (χ2n) is 29.5. The van der Waals surface area contributed by atoms with E-state index < -0.39 is 47.7 Å². The molecule has 0 saturated heterocycles. The molecule has 8 rings (SSSR count). The molecule has 5 heterocycles. The normalized spacial score (nSPS) is 17.2. The van der Waals surface area contributed by atoms with Gasteiger partial charge in [0.1, 0.15) is 18.1 Å². The molecule has 35 heteroatoms. The van der Waals surface area contributed by atoms with Crippen LogP contribution >= 0.6 is 47.9 Å². The monoisotopic (exact) mass is 1750 g/mol. The highest BCUT2D eigenvalue weighted by Gasteiger charge is 2.58. The van der Waals surface area contributed by atoms with Gasteiger partial charge in [-0.25, -0.2) is 20.6 Å². The number of nitrogens with one attached hydrogen (secondary N) is 1. The average molecular weight is 1750 g/mol. The molecule has 5 unspecified atom stereocenters. The van der Waals surface area contributed by atoms with Crippen LogP contribution in [0.2, 0.25) is 10.0 Å². The first-order valence-electron chi connectivity index (χ1n) is 41.5. The summed E-state index contributed by atoms with van der Waals surface area (Å²) >= 11 is 14.6. The summed E-state index contributed by atoms with van der Waals surface area (Å²) in [5.74, 6) is -0.449. The van der Waals surface area contributed by atoms with Crippen LogP contribution in [0.25, 0.3) is 16.0 Å². The largest absolute Gasteiger partial charge is 0.474 e. The van der Waals surface area contributed by atoms with Gasteiger partial charge >= 0.3 is 13.8 Å². The van der Waals surface area contributed by atoms with Gasteiger partial charge in [0, 0.05) is 91.6 Å². The highest BCUT2D eigenvalue weighted by molar-refractivity contribution is 7.48. The topological polar surface area (TPSA) is 339 Å². The Morgan fingerprint density at radius 1 is 0.754 bits per heavy atom. The second kappa shape index (κ2) is 51.6. The van der Waals surface area contributed by atoms with E-state index in [1.807, 2.05) is 45.9 Å². The molecule has 658 valence electrons. The molecule has 5 aliphatic rings. The maximum absolute atomic E-state index is 14.6. The van der Waals surface area contributed by atoms with Crippen molar-refractivity contribution < 1.29 is 110 Å². The molecule has 1 spiro atoms. The molecule has 2 amide bonds. The van der Waals surface area contributed by atoms with Crippen molar-refractivity contribution in [2.75, 3.05) is 201 Å². The third-order valence-electron chi connectivity index (χ3n) is 19.3. The number of aliphatic hydroxyl groups excluding tert-OH is 2. The third-order valence-corrected chi connectivity index (χ3v) is 25.0. The molecule has 0 aromatic heterocycles. The average Bonchev–Trinajstić information content (AvgIpc) is 1.38. The van der Waals surface area contributed by atoms with Gasteiger partial charge in [-0.3, -0.25) is 23.2 Å². The summed E-state index contributed by atoms with van der Waals surface area (Å²) in [7, 11) is -5.07. The third kappa shape index (κ3) is 28.6. The minimum Gasteiger partial charge on any atom is -0.456 e. The number of ether oxygens (including phenoxy) is 10. The number of carbonyl (C=O) groups is 3. The first-order valence-corrected chi connectivity index (χ1v) is 44.8. The summed E-state index contributed by atoms with van der Waals surface area (Å²) in [5.41, 5.74) is 5.60. The SMILES string of the molecule is [2H]OCCOCCOCCOCCOCCOP(=O)(OCCC#N)OCCOCCOCCOCCOCCOP(OCCC#N)N(C(C)C)C(C)C.[3H]C.[C-]#[N+]CCOP(CC)OCC(CO)CCCCNC(=O)c1cc(Cl)c2c(c1Cl)C(=O)OC21c2cc3c(cc2Oc2c1cc1c4c2CCCN4C(C)(C)C=C1C)N(C(C)=O)C(C)(C)C=C3C. The lowest BCUT2D eigenvalue weighted by Gasteiger charge is -2.48. The van der Waals surface area contributed by atoms with Crippen LogP contribution in [0.4, 0.5) is 11.4 Å². The van der Waals surface area contributed by atoms with Crippen LogP contribution < -0.4 is 19.9 Å². The zero-order valence-corrected chi connectivity index (χ0v) is 75.1. The number of esters is 1. The number of nitrogens with zero attached hydrogens (tertiary/aromatic N) is 6. The summed E-state index contributed by atoms with van der Waals surface area (Å²) in [5, 5.41) is 34.7. The van der Waals surface area contributed by atoms with Gasteiger partial charge in [-0.2, -0.15) is 10.5 Å². The van der Waals surface area contributed by atoms with Gasteiger partial charge in [0.25, 0.3) is 14.4 Å². The number of allylic oxidation sites excluding steroid dienone is 2. The fourth-order valence-electron chi connectivity index (χ4n) is 14.4. The molecule has 5 atom stereocenters. The molecule has 118 heavy (non-hydrogen) atoms. The summed E-state index contributed by atoms with van der Waals surface area (Å²) in [6.45, 7) is 39.6. The van der Waals surface area contributed by atoms with E-state index in [0.717, 1.165) is 52.9 Å². The smallest absolute Gasteiger partial charge is 0.456 e. The number of hydrogen-bond acceptors (Lipinski definition) is 27. The van der Waals surface area contributed by atoms with E-state index in [9.17, 15) is 24.1 Å². The Labute approximate surface area is 713 Å². The molecule has 0 radical (unpaired) electrons. The number of rotatable bonds is 56. The van der Waals surface area contributed by atoms with E-state index in [0.29, 0.717) is 191 Å². The van der Waals surface area contributed by atoms with Gasteiger partial charge in [0.2, 0.25) is 13.9 Å². The van der Waals surface area contributed by atoms with Crippen molar-refractivity contribution in [3.8, 4) is 23.6 Å². The van der Waals surface area contributed by atoms with Crippen LogP contribution in [0.5, 0.6) is 11.5 Å². The number of benzene rings is 3. The van der Waals surface area contributed by atoms with Gasteiger partial charge in [-0.15, -0.1) is 0 Å². The lowest BCUT2D eigenvalue weighted by atomic mass is 9.72. The van der Waals surface area contributed by atoms with Crippen LogP contribution in [-0.2, 0) is 95.7 Å². The van der Waals surface area contributed by atoms with Crippen LogP contribution in [0.1, 0.15) is 184 Å². The van der Waals surface area contributed by atoms with Crippen molar-refractivity contribution in [1.29, 1.82) is 12.0 Å². The number of carbonyl (C=O) groups excluding carboxylic acids is 3. The number of nitriles is 2. The molecule has 30 nitrogen and oxygen atoms in total. The summed E-state index contributed by atoms with van der Waals surface area (Å²) in [6.07, 6.45) is 8.96. The van der Waals surface area contributed by atoms with Gasteiger partial charge in [-0.05, 0) is 124 Å². The Morgan fingerprint density at radius 2 is 1.30 bits per heavy atom. The van der Waals surface area contributed by atoms with Crippen molar-refractivity contribution in [3.63, 3.8) is 0 Å². The molecule has 0 saturated carbocycles. The fraction of sp³-hybridized carbons (Fsp3) is 0.663. The second-order valence-corrected chi connectivity index (χ2v) is 35.2. The van der Waals surface area contributed by atoms with E-state index >= 15 is 0 Å². The van der Waals surface area contributed by atoms with Crippen LogP contribution in [0.15, 0.2) is 36.4 Å². The first kappa shape index (κ1) is 98.0. The highest BCUT2D eigenvalue weighted by Crippen LogP contribution is 2.64. The number of phosphoric ester groups is 1. The molecule has 0 fully saturated rings. The van der Waals surface area contributed by atoms with Crippen molar-refractivity contribution in [2.24, 2.45) is 5.92 Å². The molecular formula is C83H124Cl2N7O23P3. The number of fused-ring (bicyclic) bond motifs is 8. The molecule has 0 bridgehead atoms. The van der Waals surface area contributed by atoms with E-state index in [1.54, 1.807) is 11.8 Å². The van der Waals surface area contributed by atoms with Gasteiger partial charge < -0.3 is 95.6 Å². The quantitative estimate of drug-likeness (QED) is 0.0204. The Balaban J connectivity index is 0.000000374. The van der Waals surface area contributed by atoms with Crippen molar-refractivity contribution >= 4 is 88.2 Å². The number of amides is 2. The van der Waals surface area contributed by atoms with E-state index in [1.165, 1.54) is 13.5 Å². The Hall–Kier alpha value is -5.43. The lowest BCUT2D eigenvalue weighted by molar-refractivity contribution is -0.117. The van der Waals surface area contributed by atoms with Crippen molar-refractivity contribution in [2.45, 2.75) is 164 Å². The summed E-state index contributed by atoms with van der Waals surface area (Å²) in [6, 6.07) is 11.9. The Kier molecular flexibility index (Phi) is 42.9. The number of anilines is 2. The van der Waals surface area contributed by atoms with Crippen LogP contribution in [0, 0.1) is 35.2 Å². The van der Waals surface area contributed by atoms with Gasteiger partial charge in [-0.1, -0.05) is 56.1 Å². The number of halogens is 2. The highest BCUT2D eigenvalue weighted by atomic mass is 35.5. The van der Waals surface area contributed by atoms with Crippen LogP contribution in [0.3, 0.4) is 0 Å². The van der Waals surface area contributed by atoms with Gasteiger partial charge in [0.05, 0.1) is 221 Å². The molecular weight excluding hydrogens is 1630 g/mol. The number of hydrogen-bond donors (Lipinski definition) is 3. The maximum Gasteiger partial charge on any atom is 0.474 e. The van der Waals surface area contributed by atoms with Crippen molar-refractivity contribution in [3.05, 3.63) is 102 Å². The van der Waals surface area contributed by atoms with E-state index in [2.05, 4.69) is 97.6 Å². The minimum absolute atomic E-state index is 0.0110. The Bertz CT molecular complexity index is 3980. The zero-order chi connectivity index (χ0) is 87.8. The minimum atomic E-state index is -3.91. The molecule has 0 aliphatic carbocycles. The predicted octanol–water partition coefficient (Wildman–Crippen LogP) is 15.0. The van der Waals surface area contributed by atoms with Crippen LogP contribution in [-0.4, -0.2) is 248 Å².